The zero-order chi connectivity index (χ0) is 13.2. The highest BCUT2D eigenvalue weighted by atomic mass is 32.2. The number of rotatable bonds is 4. The number of sulfone groups is 1. The van der Waals surface area contributed by atoms with E-state index in [1.54, 1.807) is 12.1 Å². The molecule has 0 aromatic heterocycles. The van der Waals surface area contributed by atoms with Gasteiger partial charge in [-0.2, -0.15) is 0 Å². The molecule has 0 spiro atoms. The second-order valence-electron chi connectivity index (χ2n) is 5.04. The van der Waals surface area contributed by atoms with Crippen LogP contribution in [0.5, 0.6) is 5.75 Å². The van der Waals surface area contributed by atoms with E-state index in [9.17, 15) is 13.5 Å². The first kappa shape index (κ1) is 13.4. The van der Waals surface area contributed by atoms with E-state index >= 15 is 0 Å². The van der Waals surface area contributed by atoms with Gasteiger partial charge < -0.3 is 10.4 Å². The SMILES string of the molecule is CC(Cc1ccc(O)cc1)NC1CCS(=O)(=O)C1. The molecule has 1 aromatic rings. The maximum Gasteiger partial charge on any atom is 0.151 e. The van der Waals surface area contributed by atoms with Gasteiger partial charge in [0.25, 0.3) is 0 Å². The molecule has 1 heterocycles. The number of benzene rings is 1. The summed E-state index contributed by atoms with van der Waals surface area (Å²) in [4.78, 5) is 0. The molecule has 5 heteroatoms. The quantitative estimate of drug-likeness (QED) is 0.859. The highest BCUT2D eigenvalue weighted by Gasteiger charge is 2.28. The molecule has 2 atom stereocenters. The van der Waals surface area contributed by atoms with E-state index in [1.807, 2.05) is 12.1 Å². The Bertz CT molecular complexity index is 495. The van der Waals surface area contributed by atoms with Crippen molar-refractivity contribution >= 4 is 9.84 Å². The second kappa shape index (κ2) is 5.28. The normalized spacial score (nSPS) is 23.9. The molecular weight excluding hydrogens is 250 g/mol. The van der Waals surface area contributed by atoms with Gasteiger partial charge in [-0.05, 0) is 37.5 Å². The molecule has 0 bridgehead atoms. The molecule has 100 valence electrons. The lowest BCUT2D eigenvalue weighted by molar-refractivity contribution is 0.466. The summed E-state index contributed by atoms with van der Waals surface area (Å²) < 4.78 is 22.7. The molecule has 1 aliphatic heterocycles. The maximum atomic E-state index is 11.4. The highest BCUT2D eigenvalue weighted by molar-refractivity contribution is 7.91. The number of hydrogen-bond acceptors (Lipinski definition) is 4. The minimum absolute atomic E-state index is 0.0853. The predicted octanol–water partition coefficient (Wildman–Crippen LogP) is 1.10. The monoisotopic (exact) mass is 269 g/mol. The fourth-order valence-corrected chi connectivity index (χ4v) is 4.06. The van der Waals surface area contributed by atoms with Crippen LogP contribution in [0.3, 0.4) is 0 Å². The van der Waals surface area contributed by atoms with Gasteiger partial charge in [0.1, 0.15) is 5.75 Å². The zero-order valence-electron chi connectivity index (χ0n) is 10.5. The van der Waals surface area contributed by atoms with Gasteiger partial charge in [-0.15, -0.1) is 0 Å². The average Bonchev–Trinajstić information content (AvgIpc) is 2.61. The standard InChI is InChI=1S/C13H19NO3S/c1-10(8-11-2-4-13(15)5-3-11)14-12-6-7-18(16,17)9-12/h2-5,10,12,14-15H,6-9H2,1H3. The summed E-state index contributed by atoms with van der Waals surface area (Å²) >= 11 is 0. The largest absolute Gasteiger partial charge is 0.508 e. The van der Waals surface area contributed by atoms with Crippen molar-refractivity contribution in [3.05, 3.63) is 29.8 Å². The van der Waals surface area contributed by atoms with Crippen LogP contribution < -0.4 is 5.32 Å². The Morgan fingerprint density at radius 1 is 1.39 bits per heavy atom. The lowest BCUT2D eigenvalue weighted by Gasteiger charge is -2.18. The summed E-state index contributed by atoms with van der Waals surface area (Å²) in [7, 11) is -2.82. The minimum Gasteiger partial charge on any atom is -0.508 e. The molecule has 0 radical (unpaired) electrons. The fraction of sp³-hybridized carbons (Fsp3) is 0.538. The summed E-state index contributed by atoms with van der Waals surface area (Å²) in [6, 6.07) is 7.43. The zero-order valence-corrected chi connectivity index (χ0v) is 11.3. The molecule has 1 aromatic carbocycles. The van der Waals surface area contributed by atoms with E-state index in [2.05, 4.69) is 12.2 Å². The molecule has 2 unspecified atom stereocenters. The van der Waals surface area contributed by atoms with E-state index < -0.39 is 9.84 Å². The Balaban J connectivity index is 1.86. The lowest BCUT2D eigenvalue weighted by Crippen LogP contribution is -2.38. The van der Waals surface area contributed by atoms with Crippen molar-refractivity contribution < 1.29 is 13.5 Å². The van der Waals surface area contributed by atoms with Crippen LogP contribution in [0.15, 0.2) is 24.3 Å². The van der Waals surface area contributed by atoms with Gasteiger partial charge in [-0.1, -0.05) is 12.1 Å². The summed E-state index contributed by atoms with van der Waals surface area (Å²) in [6.45, 7) is 2.05. The molecule has 4 nitrogen and oxygen atoms in total. The first-order valence-corrected chi connectivity index (χ1v) is 8.01. The van der Waals surface area contributed by atoms with Crippen molar-refractivity contribution in [3.63, 3.8) is 0 Å². The van der Waals surface area contributed by atoms with Crippen LogP contribution in [0.25, 0.3) is 0 Å². The van der Waals surface area contributed by atoms with Crippen LogP contribution in [-0.2, 0) is 16.3 Å². The van der Waals surface area contributed by atoms with Gasteiger partial charge in [0.2, 0.25) is 0 Å². The van der Waals surface area contributed by atoms with Crippen LogP contribution in [0.4, 0.5) is 0 Å². The van der Waals surface area contributed by atoms with E-state index in [0.717, 1.165) is 12.0 Å². The van der Waals surface area contributed by atoms with Crippen LogP contribution in [0, 0.1) is 0 Å². The van der Waals surface area contributed by atoms with Crippen molar-refractivity contribution in [3.8, 4) is 5.75 Å². The number of hydrogen-bond donors (Lipinski definition) is 2. The smallest absolute Gasteiger partial charge is 0.151 e. The fourth-order valence-electron chi connectivity index (χ4n) is 2.37. The van der Waals surface area contributed by atoms with Crippen LogP contribution in [-0.4, -0.2) is 37.1 Å². The third kappa shape index (κ3) is 3.71. The molecule has 1 fully saturated rings. The molecule has 0 saturated carbocycles. The molecular formula is C13H19NO3S. The van der Waals surface area contributed by atoms with Gasteiger partial charge in [0.15, 0.2) is 9.84 Å². The Morgan fingerprint density at radius 2 is 2.06 bits per heavy atom. The number of aromatic hydroxyl groups is 1. The van der Waals surface area contributed by atoms with Crippen LogP contribution >= 0.6 is 0 Å². The van der Waals surface area contributed by atoms with E-state index in [0.29, 0.717) is 12.2 Å². The van der Waals surface area contributed by atoms with Crippen molar-refractivity contribution in [2.24, 2.45) is 0 Å². The van der Waals surface area contributed by atoms with Crippen molar-refractivity contribution in [2.75, 3.05) is 11.5 Å². The van der Waals surface area contributed by atoms with Crippen LogP contribution in [0.2, 0.25) is 0 Å². The second-order valence-corrected chi connectivity index (χ2v) is 7.27. The Morgan fingerprint density at radius 3 is 2.61 bits per heavy atom. The lowest BCUT2D eigenvalue weighted by atomic mass is 10.1. The van der Waals surface area contributed by atoms with E-state index in [4.69, 9.17) is 0 Å². The molecule has 2 N–H and O–H groups in total. The van der Waals surface area contributed by atoms with E-state index in [-0.39, 0.29) is 23.6 Å². The van der Waals surface area contributed by atoms with E-state index in [1.165, 1.54) is 0 Å². The molecule has 18 heavy (non-hydrogen) atoms. The highest BCUT2D eigenvalue weighted by Crippen LogP contribution is 2.14. The predicted molar refractivity (Wildman–Crippen MR) is 71.5 cm³/mol. The summed E-state index contributed by atoms with van der Waals surface area (Å²) in [6.07, 6.45) is 1.54. The Labute approximate surface area is 108 Å². The van der Waals surface area contributed by atoms with Gasteiger partial charge in [0.05, 0.1) is 11.5 Å². The third-order valence-corrected chi connectivity index (χ3v) is 5.00. The Hall–Kier alpha value is -1.07. The molecule has 1 saturated heterocycles. The van der Waals surface area contributed by atoms with Crippen LogP contribution in [0.1, 0.15) is 18.9 Å². The van der Waals surface area contributed by atoms with Gasteiger partial charge >= 0.3 is 0 Å². The van der Waals surface area contributed by atoms with Gasteiger partial charge in [-0.3, -0.25) is 0 Å². The summed E-state index contributed by atoms with van der Waals surface area (Å²) in [5, 5.41) is 12.6. The number of phenolic OH excluding ortho intramolecular Hbond substituents is 1. The molecule has 0 amide bonds. The summed E-state index contributed by atoms with van der Waals surface area (Å²) in [5.41, 5.74) is 1.13. The average molecular weight is 269 g/mol. The topological polar surface area (TPSA) is 66.4 Å². The number of nitrogens with one attached hydrogen (secondary N) is 1. The third-order valence-electron chi connectivity index (χ3n) is 3.23. The van der Waals surface area contributed by atoms with Gasteiger partial charge in [-0.25, -0.2) is 8.42 Å². The van der Waals surface area contributed by atoms with Gasteiger partial charge in [0, 0.05) is 12.1 Å². The molecule has 1 aliphatic rings. The minimum atomic E-state index is -2.82. The Kier molecular flexibility index (Phi) is 3.92. The molecule has 0 aliphatic carbocycles. The maximum absolute atomic E-state index is 11.4. The molecule has 2 rings (SSSR count). The van der Waals surface area contributed by atoms with Crippen molar-refractivity contribution in [1.29, 1.82) is 0 Å². The summed E-state index contributed by atoms with van der Waals surface area (Å²) in [5.74, 6) is 0.824. The van der Waals surface area contributed by atoms with Crippen molar-refractivity contribution in [2.45, 2.75) is 31.8 Å². The van der Waals surface area contributed by atoms with Crippen molar-refractivity contribution in [1.82, 2.24) is 5.32 Å². The number of phenols is 1. The first-order chi connectivity index (χ1) is 8.44. The first-order valence-electron chi connectivity index (χ1n) is 6.19.